The molecule has 0 amide bonds. The summed E-state index contributed by atoms with van der Waals surface area (Å²) in [4.78, 5) is 4.03. The van der Waals surface area contributed by atoms with Gasteiger partial charge < -0.3 is 0 Å². The Bertz CT molecular complexity index is 479. The molecule has 2 rings (SSSR count). The van der Waals surface area contributed by atoms with Crippen molar-refractivity contribution in [3.05, 3.63) is 65.5 Å². The summed E-state index contributed by atoms with van der Waals surface area (Å²) in [7, 11) is 0. The Balaban J connectivity index is 1.87. The van der Waals surface area contributed by atoms with Gasteiger partial charge in [0.05, 0.1) is 0 Å². The van der Waals surface area contributed by atoms with Crippen LogP contribution in [0.3, 0.4) is 0 Å². The fourth-order valence-electron chi connectivity index (χ4n) is 2.14. The summed E-state index contributed by atoms with van der Waals surface area (Å²) in [6.45, 7) is 2.11. The maximum atomic E-state index is 5.64. The van der Waals surface area contributed by atoms with Crippen LogP contribution in [0.25, 0.3) is 0 Å². The van der Waals surface area contributed by atoms with Gasteiger partial charge in [-0.05, 0) is 49.4 Å². The average molecular weight is 255 g/mol. The second-order valence-electron chi connectivity index (χ2n) is 4.95. The number of aryl methyl sites for hydroxylation is 2. The van der Waals surface area contributed by atoms with E-state index in [0.29, 0.717) is 6.04 Å². The maximum Gasteiger partial charge on any atom is 0.0270 e. The SMILES string of the molecule is Cc1ccc(CCC(Cc2ccncc2)NN)cc1. The molecule has 3 heteroatoms. The molecule has 1 unspecified atom stereocenters. The van der Waals surface area contributed by atoms with E-state index in [2.05, 4.69) is 41.6 Å². The number of nitrogens with one attached hydrogen (secondary N) is 1. The standard InChI is InChI=1S/C16H21N3/c1-13-2-4-14(5-3-13)6-7-16(19-17)12-15-8-10-18-11-9-15/h2-5,8-11,16,19H,6-7,12,17H2,1H3. The summed E-state index contributed by atoms with van der Waals surface area (Å²) >= 11 is 0. The first-order valence-corrected chi connectivity index (χ1v) is 6.68. The van der Waals surface area contributed by atoms with Gasteiger partial charge in [-0.1, -0.05) is 29.8 Å². The van der Waals surface area contributed by atoms with Crippen LogP contribution in [0.4, 0.5) is 0 Å². The summed E-state index contributed by atoms with van der Waals surface area (Å²) in [6, 6.07) is 13.1. The van der Waals surface area contributed by atoms with Crippen LogP contribution >= 0.6 is 0 Å². The number of hydrazine groups is 1. The van der Waals surface area contributed by atoms with Crippen molar-refractivity contribution < 1.29 is 0 Å². The maximum absolute atomic E-state index is 5.64. The lowest BCUT2D eigenvalue weighted by Gasteiger charge is -2.15. The fraction of sp³-hybridized carbons (Fsp3) is 0.312. The summed E-state index contributed by atoms with van der Waals surface area (Å²) in [5, 5.41) is 0. The molecular formula is C16H21N3. The first kappa shape index (κ1) is 13.7. The van der Waals surface area contributed by atoms with E-state index in [-0.39, 0.29) is 0 Å². The van der Waals surface area contributed by atoms with Gasteiger partial charge in [0.2, 0.25) is 0 Å². The van der Waals surface area contributed by atoms with E-state index in [4.69, 9.17) is 5.84 Å². The molecule has 3 N–H and O–H groups in total. The molecule has 100 valence electrons. The Morgan fingerprint density at radius 2 is 1.74 bits per heavy atom. The van der Waals surface area contributed by atoms with Crippen molar-refractivity contribution in [2.24, 2.45) is 5.84 Å². The summed E-state index contributed by atoms with van der Waals surface area (Å²) in [6.07, 6.45) is 6.65. The minimum atomic E-state index is 0.295. The van der Waals surface area contributed by atoms with Crippen molar-refractivity contribution in [1.29, 1.82) is 0 Å². The summed E-state index contributed by atoms with van der Waals surface area (Å²) < 4.78 is 0. The van der Waals surface area contributed by atoms with E-state index in [9.17, 15) is 0 Å². The molecule has 19 heavy (non-hydrogen) atoms. The van der Waals surface area contributed by atoms with E-state index < -0.39 is 0 Å². The van der Waals surface area contributed by atoms with Crippen LogP contribution in [0.1, 0.15) is 23.1 Å². The van der Waals surface area contributed by atoms with Crippen LogP contribution in [0.15, 0.2) is 48.8 Å². The molecule has 0 spiro atoms. The predicted molar refractivity (Wildman–Crippen MR) is 78.6 cm³/mol. The predicted octanol–water partition coefficient (Wildman–Crippen LogP) is 2.40. The highest BCUT2D eigenvalue weighted by atomic mass is 15.2. The quantitative estimate of drug-likeness (QED) is 0.615. The number of rotatable bonds is 6. The largest absolute Gasteiger partial charge is 0.271 e. The molecule has 1 aromatic heterocycles. The fourth-order valence-corrected chi connectivity index (χ4v) is 2.14. The van der Waals surface area contributed by atoms with Gasteiger partial charge in [-0.25, -0.2) is 0 Å². The highest BCUT2D eigenvalue weighted by molar-refractivity contribution is 5.21. The highest BCUT2D eigenvalue weighted by Gasteiger charge is 2.07. The molecule has 0 aliphatic rings. The topological polar surface area (TPSA) is 50.9 Å². The second kappa shape index (κ2) is 7.02. The number of pyridine rings is 1. The lowest BCUT2D eigenvalue weighted by molar-refractivity contribution is 0.491. The number of aromatic nitrogens is 1. The van der Waals surface area contributed by atoms with Crippen LogP contribution in [0.5, 0.6) is 0 Å². The van der Waals surface area contributed by atoms with E-state index in [1.807, 2.05) is 24.5 Å². The first-order chi connectivity index (χ1) is 9.28. The van der Waals surface area contributed by atoms with Gasteiger partial charge in [-0.15, -0.1) is 0 Å². The van der Waals surface area contributed by atoms with Gasteiger partial charge in [0.15, 0.2) is 0 Å². The van der Waals surface area contributed by atoms with Crippen molar-refractivity contribution in [2.75, 3.05) is 0 Å². The zero-order chi connectivity index (χ0) is 13.5. The minimum Gasteiger partial charge on any atom is -0.271 e. The third-order valence-electron chi connectivity index (χ3n) is 3.37. The highest BCUT2D eigenvalue weighted by Crippen LogP contribution is 2.10. The Labute approximate surface area is 114 Å². The van der Waals surface area contributed by atoms with Crippen LogP contribution in [-0.2, 0) is 12.8 Å². The Morgan fingerprint density at radius 3 is 2.37 bits per heavy atom. The molecule has 0 saturated carbocycles. The molecule has 2 aromatic rings. The number of benzene rings is 1. The van der Waals surface area contributed by atoms with Gasteiger partial charge >= 0.3 is 0 Å². The molecule has 1 heterocycles. The van der Waals surface area contributed by atoms with Gasteiger partial charge in [0.1, 0.15) is 0 Å². The van der Waals surface area contributed by atoms with Gasteiger partial charge in [-0.2, -0.15) is 0 Å². The van der Waals surface area contributed by atoms with Crippen molar-refractivity contribution >= 4 is 0 Å². The monoisotopic (exact) mass is 255 g/mol. The van der Waals surface area contributed by atoms with Crippen LogP contribution < -0.4 is 11.3 Å². The third kappa shape index (κ3) is 4.47. The zero-order valence-electron chi connectivity index (χ0n) is 11.3. The van der Waals surface area contributed by atoms with Gasteiger partial charge in [0.25, 0.3) is 0 Å². The van der Waals surface area contributed by atoms with Crippen molar-refractivity contribution in [3.63, 3.8) is 0 Å². The average Bonchev–Trinajstić information content (AvgIpc) is 2.46. The molecular weight excluding hydrogens is 234 g/mol. The third-order valence-corrected chi connectivity index (χ3v) is 3.37. The molecule has 0 radical (unpaired) electrons. The molecule has 0 aliphatic heterocycles. The lowest BCUT2D eigenvalue weighted by atomic mass is 9.99. The zero-order valence-corrected chi connectivity index (χ0v) is 11.3. The van der Waals surface area contributed by atoms with Crippen LogP contribution in [-0.4, -0.2) is 11.0 Å². The Morgan fingerprint density at radius 1 is 1.05 bits per heavy atom. The van der Waals surface area contributed by atoms with E-state index >= 15 is 0 Å². The number of nitrogens with two attached hydrogens (primary N) is 1. The smallest absolute Gasteiger partial charge is 0.0270 e. The molecule has 0 aliphatic carbocycles. The van der Waals surface area contributed by atoms with E-state index in [1.165, 1.54) is 16.7 Å². The van der Waals surface area contributed by atoms with E-state index in [1.54, 1.807) is 0 Å². The van der Waals surface area contributed by atoms with Crippen molar-refractivity contribution in [3.8, 4) is 0 Å². The number of nitrogens with zero attached hydrogens (tertiary/aromatic N) is 1. The molecule has 1 aromatic carbocycles. The Kier molecular flexibility index (Phi) is 5.07. The molecule has 1 atom stereocenters. The Hall–Kier alpha value is -1.71. The second-order valence-corrected chi connectivity index (χ2v) is 4.95. The van der Waals surface area contributed by atoms with Gasteiger partial charge in [-0.3, -0.25) is 16.3 Å². The van der Waals surface area contributed by atoms with Crippen LogP contribution in [0, 0.1) is 6.92 Å². The van der Waals surface area contributed by atoms with Gasteiger partial charge in [0, 0.05) is 18.4 Å². The minimum absolute atomic E-state index is 0.295. The summed E-state index contributed by atoms with van der Waals surface area (Å²) in [5.74, 6) is 5.64. The number of hydrogen-bond donors (Lipinski definition) is 2. The van der Waals surface area contributed by atoms with Crippen molar-refractivity contribution in [1.82, 2.24) is 10.4 Å². The molecule has 3 nitrogen and oxygen atoms in total. The normalized spacial score (nSPS) is 12.3. The number of hydrogen-bond acceptors (Lipinski definition) is 3. The van der Waals surface area contributed by atoms with Crippen LogP contribution in [0.2, 0.25) is 0 Å². The van der Waals surface area contributed by atoms with Crippen molar-refractivity contribution in [2.45, 2.75) is 32.2 Å². The van der Waals surface area contributed by atoms with E-state index in [0.717, 1.165) is 19.3 Å². The molecule has 0 saturated heterocycles. The summed E-state index contributed by atoms with van der Waals surface area (Å²) in [5.41, 5.74) is 6.84. The molecule has 0 fully saturated rings. The molecule has 0 bridgehead atoms. The first-order valence-electron chi connectivity index (χ1n) is 6.68. The lowest BCUT2D eigenvalue weighted by Crippen LogP contribution is -2.37.